The fraction of sp³-hybridized carbons (Fsp3) is 0.318. The van der Waals surface area contributed by atoms with E-state index in [2.05, 4.69) is 61.3 Å². The Balaban J connectivity index is 1.71. The van der Waals surface area contributed by atoms with Crippen LogP contribution < -0.4 is 4.90 Å². The topological polar surface area (TPSA) is 20.3 Å². The first-order valence-corrected chi connectivity index (χ1v) is 8.71. The van der Waals surface area contributed by atoms with Crippen LogP contribution in [0.25, 0.3) is 6.08 Å². The molecule has 0 heterocycles. The van der Waals surface area contributed by atoms with Gasteiger partial charge >= 0.3 is 0 Å². The molecule has 0 radical (unpaired) electrons. The Morgan fingerprint density at radius 1 is 1.08 bits per heavy atom. The van der Waals surface area contributed by atoms with Crippen LogP contribution in [0.15, 0.2) is 60.2 Å². The summed E-state index contributed by atoms with van der Waals surface area (Å²) >= 11 is 0. The molecule has 0 aromatic heterocycles. The molecule has 0 saturated heterocycles. The number of carbonyl (C=O) groups is 1. The number of rotatable bonds is 4. The largest absolute Gasteiger partial charge is 0.374 e. The average molecular weight is 319 g/mol. The number of hydrogen-bond donors (Lipinski definition) is 0. The molecule has 2 heteroatoms. The van der Waals surface area contributed by atoms with Gasteiger partial charge < -0.3 is 4.90 Å². The van der Waals surface area contributed by atoms with Crippen molar-refractivity contribution in [1.82, 2.24) is 0 Å². The molecule has 2 aromatic carbocycles. The van der Waals surface area contributed by atoms with Gasteiger partial charge in [-0.1, -0.05) is 48.0 Å². The minimum absolute atomic E-state index is 0.0972. The Morgan fingerprint density at radius 2 is 1.79 bits per heavy atom. The Kier molecular flexibility index (Phi) is 5.14. The summed E-state index contributed by atoms with van der Waals surface area (Å²) in [5.74, 6) is 0.420. The summed E-state index contributed by atoms with van der Waals surface area (Å²) in [7, 11) is 2.08. The number of hydrogen-bond acceptors (Lipinski definition) is 2. The van der Waals surface area contributed by atoms with Gasteiger partial charge in [0.25, 0.3) is 0 Å². The van der Waals surface area contributed by atoms with E-state index >= 15 is 0 Å². The number of ketones is 1. The van der Waals surface area contributed by atoms with E-state index in [1.165, 1.54) is 11.3 Å². The average Bonchev–Trinajstić information content (AvgIpc) is 2.60. The summed E-state index contributed by atoms with van der Waals surface area (Å²) in [5, 5.41) is 0. The fourth-order valence-electron chi connectivity index (χ4n) is 3.36. The Hall–Kier alpha value is -2.35. The molecule has 3 rings (SSSR count). The second kappa shape index (κ2) is 7.48. The lowest BCUT2D eigenvalue weighted by molar-refractivity contribution is -0.120. The van der Waals surface area contributed by atoms with Crippen molar-refractivity contribution in [2.45, 2.75) is 26.2 Å². The lowest BCUT2D eigenvalue weighted by atomic mass is 9.83. The van der Waals surface area contributed by atoms with Gasteiger partial charge in [0.15, 0.2) is 5.78 Å². The quantitative estimate of drug-likeness (QED) is 0.748. The van der Waals surface area contributed by atoms with Crippen LogP contribution in [0.1, 0.15) is 30.4 Å². The predicted octanol–water partition coefficient (Wildman–Crippen LogP) is 4.88. The van der Waals surface area contributed by atoms with Gasteiger partial charge in [0.1, 0.15) is 0 Å². The number of Topliss-reactive ketones (excluding diaryl/α,β-unsaturated/α-hetero) is 1. The van der Waals surface area contributed by atoms with Gasteiger partial charge in [-0.2, -0.15) is 0 Å². The first-order valence-electron chi connectivity index (χ1n) is 8.71. The molecule has 0 aliphatic heterocycles. The normalized spacial score (nSPS) is 19.5. The van der Waals surface area contributed by atoms with Gasteiger partial charge in [-0.15, -0.1) is 0 Å². The van der Waals surface area contributed by atoms with Crippen LogP contribution in [0.3, 0.4) is 0 Å². The highest BCUT2D eigenvalue weighted by Gasteiger charge is 2.27. The lowest BCUT2D eigenvalue weighted by Crippen LogP contribution is -2.33. The molecule has 2 aromatic rings. The molecule has 0 N–H and O–H groups in total. The SMILES string of the molecule is Cc1ccc(N(C)CC2CCC/C(=C\c3ccccc3)C2=O)cc1. The second-order valence-electron chi connectivity index (χ2n) is 6.75. The zero-order chi connectivity index (χ0) is 16.9. The van der Waals surface area contributed by atoms with Crippen molar-refractivity contribution >= 4 is 17.5 Å². The van der Waals surface area contributed by atoms with Gasteiger partial charge in [0.2, 0.25) is 0 Å². The zero-order valence-electron chi connectivity index (χ0n) is 14.5. The van der Waals surface area contributed by atoms with E-state index in [1.807, 2.05) is 18.2 Å². The molecular formula is C22H25NO. The van der Waals surface area contributed by atoms with Crippen molar-refractivity contribution in [3.05, 3.63) is 71.3 Å². The Morgan fingerprint density at radius 3 is 2.50 bits per heavy atom. The van der Waals surface area contributed by atoms with E-state index in [4.69, 9.17) is 0 Å². The highest BCUT2D eigenvalue weighted by atomic mass is 16.1. The Bertz CT molecular complexity index is 715. The van der Waals surface area contributed by atoms with Crippen LogP contribution in [0.5, 0.6) is 0 Å². The third-order valence-electron chi connectivity index (χ3n) is 4.80. The molecule has 2 nitrogen and oxygen atoms in total. The number of allylic oxidation sites excluding steroid dienone is 1. The van der Waals surface area contributed by atoms with Crippen molar-refractivity contribution in [2.24, 2.45) is 5.92 Å². The number of anilines is 1. The number of aryl methyl sites for hydroxylation is 1. The zero-order valence-corrected chi connectivity index (χ0v) is 14.5. The van der Waals surface area contributed by atoms with Crippen molar-refractivity contribution < 1.29 is 4.79 Å². The van der Waals surface area contributed by atoms with Gasteiger partial charge in [-0.25, -0.2) is 0 Å². The van der Waals surface area contributed by atoms with Crippen molar-refractivity contribution in [2.75, 3.05) is 18.5 Å². The summed E-state index contributed by atoms with van der Waals surface area (Å²) in [6.45, 7) is 2.88. The summed E-state index contributed by atoms with van der Waals surface area (Å²) < 4.78 is 0. The third kappa shape index (κ3) is 3.94. The third-order valence-corrected chi connectivity index (χ3v) is 4.80. The minimum Gasteiger partial charge on any atom is -0.374 e. The predicted molar refractivity (Wildman–Crippen MR) is 101 cm³/mol. The van der Waals surface area contributed by atoms with E-state index in [0.29, 0.717) is 5.78 Å². The molecule has 0 amide bonds. The lowest BCUT2D eigenvalue weighted by Gasteiger charge is -2.28. The summed E-state index contributed by atoms with van der Waals surface area (Å²) in [6, 6.07) is 18.6. The van der Waals surface area contributed by atoms with E-state index < -0.39 is 0 Å². The maximum atomic E-state index is 12.9. The van der Waals surface area contributed by atoms with Crippen LogP contribution in [0, 0.1) is 12.8 Å². The van der Waals surface area contributed by atoms with Crippen molar-refractivity contribution in [1.29, 1.82) is 0 Å². The first kappa shape index (κ1) is 16.5. The number of nitrogens with zero attached hydrogens (tertiary/aromatic N) is 1. The van der Waals surface area contributed by atoms with E-state index in [1.54, 1.807) is 0 Å². The molecule has 1 saturated carbocycles. The van der Waals surface area contributed by atoms with Gasteiger partial charge in [-0.05, 0) is 55.5 Å². The highest BCUT2D eigenvalue weighted by molar-refractivity contribution is 6.02. The van der Waals surface area contributed by atoms with Crippen LogP contribution in [-0.4, -0.2) is 19.4 Å². The molecular weight excluding hydrogens is 294 g/mol. The molecule has 1 aliphatic carbocycles. The molecule has 1 aliphatic rings. The smallest absolute Gasteiger partial charge is 0.163 e. The second-order valence-corrected chi connectivity index (χ2v) is 6.75. The molecule has 124 valence electrons. The highest BCUT2D eigenvalue weighted by Crippen LogP contribution is 2.28. The number of carbonyl (C=O) groups excluding carboxylic acids is 1. The summed E-state index contributed by atoms with van der Waals surface area (Å²) in [5.41, 5.74) is 4.53. The minimum atomic E-state index is 0.0972. The van der Waals surface area contributed by atoms with E-state index in [9.17, 15) is 4.79 Å². The fourth-order valence-corrected chi connectivity index (χ4v) is 3.36. The maximum Gasteiger partial charge on any atom is 0.163 e. The Labute approximate surface area is 144 Å². The number of benzene rings is 2. The molecule has 24 heavy (non-hydrogen) atoms. The van der Waals surface area contributed by atoms with Gasteiger partial charge in [-0.3, -0.25) is 4.79 Å². The molecule has 0 spiro atoms. The van der Waals surface area contributed by atoms with Gasteiger partial charge in [0, 0.05) is 25.2 Å². The van der Waals surface area contributed by atoms with E-state index in [-0.39, 0.29) is 5.92 Å². The molecule has 1 fully saturated rings. The summed E-state index contributed by atoms with van der Waals surface area (Å²) in [6.07, 6.45) is 5.05. The van der Waals surface area contributed by atoms with Crippen LogP contribution in [-0.2, 0) is 4.79 Å². The van der Waals surface area contributed by atoms with E-state index in [0.717, 1.165) is 36.9 Å². The first-order chi connectivity index (χ1) is 11.6. The maximum absolute atomic E-state index is 12.9. The van der Waals surface area contributed by atoms with Crippen LogP contribution >= 0.6 is 0 Å². The van der Waals surface area contributed by atoms with Crippen LogP contribution in [0.2, 0.25) is 0 Å². The van der Waals surface area contributed by atoms with Crippen LogP contribution in [0.4, 0.5) is 5.69 Å². The van der Waals surface area contributed by atoms with Crippen molar-refractivity contribution in [3.8, 4) is 0 Å². The van der Waals surface area contributed by atoms with Crippen molar-refractivity contribution in [3.63, 3.8) is 0 Å². The standard InChI is InChI=1S/C22H25NO/c1-17-11-13-21(14-12-17)23(2)16-20-10-6-9-19(22(20)24)15-18-7-4-3-5-8-18/h3-5,7-8,11-15,20H,6,9-10,16H2,1-2H3/b19-15+. The molecule has 0 bridgehead atoms. The van der Waals surface area contributed by atoms with Gasteiger partial charge in [0.05, 0.1) is 0 Å². The molecule has 1 unspecified atom stereocenters. The molecule has 1 atom stereocenters. The summed E-state index contributed by atoms with van der Waals surface area (Å²) in [4.78, 5) is 15.1. The monoisotopic (exact) mass is 319 g/mol.